The van der Waals surface area contributed by atoms with Gasteiger partial charge in [-0.1, -0.05) is 0 Å². The van der Waals surface area contributed by atoms with Gasteiger partial charge in [0.2, 0.25) is 11.2 Å². The molecule has 8 heteroatoms. The minimum Gasteiger partial charge on any atom is -0.475 e. The Morgan fingerprint density at radius 2 is 1.77 bits per heavy atom. The first-order valence-electron chi connectivity index (χ1n) is 6.39. The van der Waals surface area contributed by atoms with E-state index in [0.29, 0.717) is 11.5 Å². The van der Waals surface area contributed by atoms with Gasteiger partial charge in [-0.2, -0.15) is 18.2 Å². The van der Waals surface area contributed by atoms with Crippen molar-refractivity contribution in [3.63, 3.8) is 0 Å². The highest BCUT2D eigenvalue weighted by Crippen LogP contribution is 2.30. The van der Waals surface area contributed by atoms with E-state index in [1.165, 1.54) is 18.2 Å². The van der Waals surface area contributed by atoms with Gasteiger partial charge in [0.1, 0.15) is 5.82 Å². The molecule has 1 aromatic heterocycles. The largest absolute Gasteiger partial charge is 0.475 e. The molecule has 0 fully saturated rings. The molecule has 0 saturated carbocycles. The lowest BCUT2D eigenvalue weighted by Gasteiger charge is -2.12. The molecular formula is C14H13ClF3N3O. The third kappa shape index (κ3) is 4.49. The quantitative estimate of drug-likeness (QED) is 0.826. The van der Waals surface area contributed by atoms with Crippen molar-refractivity contribution < 1.29 is 17.9 Å². The number of aromatic nitrogens is 2. The normalized spacial score (nSPS) is 11.6. The van der Waals surface area contributed by atoms with Crippen molar-refractivity contribution in [1.82, 2.24) is 9.97 Å². The predicted octanol–water partition coefficient (Wildman–Crippen LogP) is 4.68. The summed E-state index contributed by atoms with van der Waals surface area (Å²) in [6.07, 6.45) is -4.46. The molecule has 1 heterocycles. The Labute approximate surface area is 130 Å². The summed E-state index contributed by atoms with van der Waals surface area (Å²) < 4.78 is 42.9. The summed E-state index contributed by atoms with van der Waals surface area (Å²) >= 11 is 5.79. The number of hydrogen-bond donors (Lipinski definition) is 1. The van der Waals surface area contributed by atoms with Crippen LogP contribution < -0.4 is 10.1 Å². The summed E-state index contributed by atoms with van der Waals surface area (Å²) in [5, 5.41) is 2.83. The molecule has 1 N–H and O–H groups in total. The Bertz CT molecular complexity index is 645. The highest BCUT2D eigenvalue weighted by molar-refractivity contribution is 6.28. The van der Waals surface area contributed by atoms with Crippen LogP contribution in [0.15, 0.2) is 30.3 Å². The van der Waals surface area contributed by atoms with Crippen LogP contribution in [0.3, 0.4) is 0 Å². The zero-order valence-corrected chi connectivity index (χ0v) is 12.5. The number of anilines is 2. The van der Waals surface area contributed by atoms with Crippen molar-refractivity contribution in [2.75, 3.05) is 5.32 Å². The molecule has 22 heavy (non-hydrogen) atoms. The van der Waals surface area contributed by atoms with Gasteiger partial charge in [-0.25, -0.2) is 4.98 Å². The highest BCUT2D eigenvalue weighted by atomic mass is 35.5. The van der Waals surface area contributed by atoms with Gasteiger partial charge in [0.05, 0.1) is 11.7 Å². The van der Waals surface area contributed by atoms with Crippen LogP contribution in [-0.4, -0.2) is 16.1 Å². The maximum atomic E-state index is 12.5. The minimum atomic E-state index is -4.37. The number of alkyl halides is 3. The van der Waals surface area contributed by atoms with E-state index < -0.39 is 11.7 Å². The third-order valence-electron chi connectivity index (χ3n) is 2.52. The fourth-order valence-electron chi connectivity index (χ4n) is 1.65. The molecular weight excluding hydrogens is 319 g/mol. The number of ether oxygens (including phenoxy) is 1. The van der Waals surface area contributed by atoms with Gasteiger partial charge >= 0.3 is 6.18 Å². The lowest BCUT2D eigenvalue weighted by molar-refractivity contribution is -0.137. The number of benzene rings is 1. The van der Waals surface area contributed by atoms with E-state index >= 15 is 0 Å². The molecule has 0 radical (unpaired) electrons. The first-order valence-corrected chi connectivity index (χ1v) is 6.77. The smallest absolute Gasteiger partial charge is 0.416 e. The van der Waals surface area contributed by atoms with Crippen LogP contribution >= 0.6 is 11.6 Å². The summed E-state index contributed by atoms with van der Waals surface area (Å²) in [5.74, 6) is 0.611. The molecule has 0 aliphatic carbocycles. The van der Waals surface area contributed by atoms with Crippen LogP contribution in [0.2, 0.25) is 5.28 Å². The lowest BCUT2D eigenvalue weighted by Crippen LogP contribution is -2.08. The number of nitrogens with one attached hydrogen (secondary N) is 1. The first kappa shape index (κ1) is 16.4. The van der Waals surface area contributed by atoms with Crippen LogP contribution in [0.1, 0.15) is 19.4 Å². The van der Waals surface area contributed by atoms with Crippen LogP contribution in [0.4, 0.5) is 24.7 Å². The Morgan fingerprint density at radius 1 is 1.14 bits per heavy atom. The molecule has 0 spiro atoms. The van der Waals surface area contributed by atoms with E-state index in [1.807, 2.05) is 13.8 Å². The van der Waals surface area contributed by atoms with Crippen molar-refractivity contribution in [2.45, 2.75) is 26.1 Å². The zero-order chi connectivity index (χ0) is 16.3. The standard InChI is InChI=1S/C14H13ClF3N3O/c1-8(2)22-12-7-11(20-13(15)21-12)19-10-5-3-9(4-6-10)14(16,17)18/h3-8H,1-2H3,(H,19,20,21). The Kier molecular flexibility index (Phi) is 4.75. The minimum absolute atomic E-state index is 0.0208. The lowest BCUT2D eigenvalue weighted by atomic mass is 10.2. The van der Waals surface area contributed by atoms with E-state index in [2.05, 4.69) is 15.3 Å². The van der Waals surface area contributed by atoms with Gasteiger partial charge in [0.25, 0.3) is 0 Å². The molecule has 1 aromatic carbocycles. The zero-order valence-electron chi connectivity index (χ0n) is 11.8. The SMILES string of the molecule is CC(C)Oc1cc(Nc2ccc(C(F)(F)F)cc2)nc(Cl)n1. The Morgan fingerprint density at radius 3 is 2.32 bits per heavy atom. The van der Waals surface area contributed by atoms with Gasteiger partial charge in [-0.3, -0.25) is 0 Å². The van der Waals surface area contributed by atoms with Gasteiger partial charge in [0.15, 0.2) is 0 Å². The van der Waals surface area contributed by atoms with Crippen LogP contribution in [0.5, 0.6) is 5.88 Å². The molecule has 0 unspecified atom stereocenters. The molecule has 0 aliphatic rings. The molecule has 0 bridgehead atoms. The number of rotatable bonds is 4. The topological polar surface area (TPSA) is 47.0 Å². The van der Waals surface area contributed by atoms with Crippen LogP contribution in [0, 0.1) is 0 Å². The monoisotopic (exact) mass is 331 g/mol. The summed E-state index contributed by atoms with van der Waals surface area (Å²) in [6, 6.07) is 6.10. The summed E-state index contributed by atoms with van der Waals surface area (Å²) in [5.41, 5.74) is -0.277. The van der Waals surface area contributed by atoms with Gasteiger partial charge in [-0.15, -0.1) is 0 Å². The van der Waals surface area contributed by atoms with Gasteiger partial charge in [-0.05, 0) is 49.7 Å². The highest BCUT2D eigenvalue weighted by Gasteiger charge is 2.29. The van der Waals surface area contributed by atoms with Crippen LogP contribution in [-0.2, 0) is 6.18 Å². The Balaban J connectivity index is 2.18. The molecule has 4 nitrogen and oxygen atoms in total. The second kappa shape index (κ2) is 6.39. The third-order valence-corrected chi connectivity index (χ3v) is 2.69. The van der Waals surface area contributed by atoms with Crippen molar-refractivity contribution in [2.24, 2.45) is 0 Å². The molecule has 0 saturated heterocycles. The number of nitrogens with zero attached hydrogens (tertiary/aromatic N) is 2. The molecule has 0 aliphatic heterocycles. The summed E-state index contributed by atoms with van der Waals surface area (Å²) in [6.45, 7) is 3.66. The van der Waals surface area contributed by atoms with E-state index in [-0.39, 0.29) is 17.3 Å². The predicted molar refractivity (Wildman–Crippen MR) is 77.5 cm³/mol. The van der Waals surface area contributed by atoms with Gasteiger partial charge in [0, 0.05) is 11.8 Å². The second-order valence-corrected chi connectivity index (χ2v) is 5.07. The van der Waals surface area contributed by atoms with E-state index in [9.17, 15) is 13.2 Å². The van der Waals surface area contributed by atoms with Crippen molar-refractivity contribution >= 4 is 23.1 Å². The maximum absolute atomic E-state index is 12.5. The fraction of sp³-hybridized carbons (Fsp3) is 0.286. The van der Waals surface area contributed by atoms with E-state index in [1.54, 1.807) is 0 Å². The number of hydrogen-bond acceptors (Lipinski definition) is 4. The summed E-state index contributed by atoms with van der Waals surface area (Å²) in [4.78, 5) is 7.85. The molecule has 0 amide bonds. The van der Waals surface area contributed by atoms with E-state index in [4.69, 9.17) is 16.3 Å². The summed E-state index contributed by atoms with van der Waals surface area (Å²) in [7, 11) is 0. The fourth-order valence-corrected chi connectivity index (χ4v) is 1.83. The molecule has 2 rings (SSSR count). The van der Waals surface area contributed by atoms with Gasteiger partial charge < -0.3 is 10.1 Å². The Hall–Kier alpha value is -2.02. The van der Waals surface area contributed by atoms with Crippen molar-refractivity contribution in [3.8, 4) is 5.88 Å². The molecule has 0 atom stereocenters. The average molecular weight is 332 g/mol. The first-order chi connectivity index (χ1) is 10.2. The van der Waals surface area contributed by atoms with E-state index in [0.717, 1.165) is 12.1 Å². The average Bonchev–Trinajstić information content (AvgIpc) is 2.36. The molecule has 2 aromatic rings. The maximum Gasteiger partial charge on any atom is 0.416 e. The van der Waals surface area contributed by atoms with Crippen molar-refractivity contribution in [1.29, 1.82) is 0 Å². The van der Waals surface area contributed by atoms with Crippen molar-refractivity contribution in [3.05, 3.63) is 41.2 Å². The van der Waals surface area contributed by atoms with Crippen LogP contribution in [0.25, 0.3) is 0 Å². The molecule has 118 valence electrons. The number of halogens is 4. The second-order valence-electron chi connectivity index (χ2n) is 4.73.